The summed E-state index contributed by atoms with van der Waals surface area (Å²) in [5.41, 5.74) is 2.65. The molecule has 8 nitrogen and oxygen atoms in total. The highest BCUT2D eigenvalue weighted by Gasteiger charge is 2.38. The molecular weight excluding hydrogens is 472 g/mol. The quantitative estimate of drug-likeness (QED) is 0.466. The molecule has 0 bridgehead atoms. The van der Waals surface area contributed by atoms with Crippen LogP contribution in [-0.4, -0.2) is 56.1 Å². The van der Waals surface area contributed by atoms with Crippen LogP contribution in [0.3, 0.4) is 0 Å². The molecule has 190 valence electrons. The van der Waals surface area contributed by atoms with Crippen LogP contribution in [0.15, 0.2) is 72.0 Å². The van der Waals surface area contributed by atoms with E-state index in [0.717, 1.165) is 37.8 Å². The lowest BCUT2D eigenvalue weighted by molar-refractivity contribution is 0.166. The first-order chi connectivity index (χ1) is 17.5. The molecule has 4 heterocycles. The molecule has 0 radical (unpaired) electrons. The molecule has 1 N–H and O–H groups in total. The number of benzene rings is 1. The monoisotopic (exact) mass is 506 g/mol. The lowest BCUT2D eigenvalue weighted by Crippen LogP contribution is -2.47. The van der Waals surface area contributed by atoms with E-state index in [1.165, 1.54) is 31.4 Å². The number of rotatable bonds is 8. The topological polar surface area (TPSA) is 91.3 Å². The Bertz CT molecular complexity index is 1220. The zero-order valence-corrected chi connectivity index (χ0v) is 21.4. The van der Waals surface area contributed by atoms with E-state index in [1.54, 1.807) is 30.3 Å². The van der Waals surface area contributed by atoms with E-state index in [2.05, 4.69) is 36.6 Å². The predicted octanol–water partition coefficient (Wildman–Crippen LogP) is 3.67. The van der Waals surface area contributed by atoms with Crippen molar-refractivity contribution in [1.82, 2.24) is 19.7 Å². The maximum absolute atomic E-state index is 12.4. The molecule has 2 aliphatic rings. The highest BCUT2D eigenvalue weighted by molar-refractivity contribution is 7.89. The van der Waals surface area contributed by atoms with Gasteiger partial charge in [0.15, 0.2) is 0 Å². The molecule has 9 heteroatoms. The fraction of sp³-hybridized carbons (Fsp3) is 0.444. The van der Waals surface area contributed by atoms with E-state index in [4.69, 9.17) is 4.98 Å². The van der Waals surface area contributed by atoms with Gasteiger partial charge in [-0.05, 0) is 74.3 Å². The summed E-state index contributed by atoms with van der Waals surface area (Å²) >= 11 is 0. The van der Waals surface area contributed by atoms with Crippen molar-refractivity contribution in [3.05, 3.63) is 72.8 Å². The van der Waals surface area contributed by atoms with E-state index >= 15 is 0 Å². The SMILES string of the molecule is O=S(=O)(NCCCc1ccnc(N2CCC3(CCN(c4ccncc4)CC3)CC2)n1)c1ccccc1. The zero-order chi connectivity index (χ0) is 24.8. The van der Waals surface area contributed by atoms with Crippen LogP contribution in [0.1, 0.15) is 37.8 Å². The first-order valence-corrected chi connectivity index (χ1v) is 14.3. The Morgan fingerprint density at radius 3 is 2.19 bits per heavy atom. The number of pyridine rings is 1. The van der Waals surface area contributed by atoms with Gasteiger partial charge in [-0.1, -0.05) is 18.2 Å². The third-order valence-electron chi connectivity index (χ3n) is 7.61. The number of nitrogens with zero attached hydrogens (tertiary/aromatic N) is 5. The summed E-state index contributed by atoms with van der Waals surface area (Å²) in [5, 5.41) is 0. The van der Waals surface area contributed by atoms with Gasteiger partial charge in [0, 0.05) is 62.7 Å². The van der Waals surface area contributed by atoms with Crippen molar-refractivity contribution in [3.8, 4) is 0 Å². The van der Waals surface area contributed by atoms with Gasteiger partial charge in [-0.25, -0.2) is 23.1 Å². The number of aryl methyl sites for hydroxylation is 1. The molecule has 0 unspecified atom stereocenters. The molecule has 2 aliphatic heterocycles. The van der Waals surface area contributed by atoms with Crippen LogP contribution < -0.4 is 14.5 Å². The molecule has 0 amide bonds. The summed E-state index contributed by atoms with van der Waals surface area (Å²) < 4.78 is 27.4. The van der Waals surface area contributed by atoms with Gasteiger partial charge in [0.05, 0.1) is 4.90 Å². The standard InChI is InChI=1S/C27H34N6O2S/c34-36(35,25-6-2-1-3-7-25)30-15-4-5-23-8-18-29-26(31-23)33-21-13-27(14-22-33)11-19-32(20-12-27)24-9-16-28-17-10-24/h1-3,6-10,16-18,30H,4-5,11-15,19-22H2. The van der Waals surface area contributed by atoms with Crippen LogP contribution in [0.2, 0.25) is 0 Å². The molecule has 1 spiro atoms. The average Bonchev–Trinajstić information content (AvgIpc) is 2.93. The minimum atomic E-state index is -3.47. The maximum atomic E-state index is 12.4. The Hall–Kier alpha value is -3.04. The number of aromatic nitrogens is 3. The Morgan fingerprint density at radius 1 is 0.833 bits per heavy atom. The van der Waals surface area contributed by atoms with Crippen LogP contribution in [0.25, 0.3) is 0 Å². The molecule has 2 saturated heterocycles. The fourth-order valence-electron chi connectivity index (χ4n) is 5.31. The zero-order valence-electron chi connectivity index (χ0n) is 20.6. The van der Waals surface area contributed by atoms with Crippen LogP contribution >= 0.6 is 0 Å². The van der Waals surface area contributed by atoms with Gasteiger partial charge >= 0.3 is 0 Å². The number of hydrogen-bond donors (Lipinski definition) is 1. The molecule has 0 atom stereocenters. The van der Waals surface area contributed by atoms with Crippen LogP contribution in [0, 0.1) is 5.41 Å². The van der Waals surface area contributed by atoms with E-state index in [0.29, 0.717) is 29.7 Å². The lowest BCUT2D eigenvalue weighted by Gasteiger charge is -2.47. The first kappa shape index (κ1) is 24.6. The van der Waals surface area contributed by atoms with E-state index in [-0.39, 0.29) is 0 Å². The summed E-state index contributed by atoms with van der Waals surface area (Å²) in [6.45, 7) is 4.54. The Labute approximate surface area is 213 Å². The second kappa shape index (κ2) is 10.9. The highest BCUT2D eigenvalue weighted by Crippen LogP contribution is 2.42. The minimum absolute atomic E-state index is 0.292. The molecule has 1 aromatic carbocycles. The highest BCUT2D eigenvalue weighted by atomic mass is 32.2. The van der Waals surface area contributed by atoms with Gasteiger partial charge in [-0.15, -0.1) is 0 Å². The molecule has 0 aliphatic carbocycles. The summed E-state index contributed by atoms with van der Waals surface area (Å²) in [6, 6.07) is 14.6. The average molecular weight is 507 g/mol. The fourth-order valence-corrected chi connectivity index (χ4v) is 6.41. The van der Waals surface area contributed by atoms with Crippen molar-refractivity contribution in [2.45, 2.75) is 43.4 Å². The molecule has 36 heavy (non-hydrogen) atoms. The lowest BCUT2D eigenvalue weighted by atomic mass is 9.71. The Balaban J connectivity index is 1.09. The van der Waals surface area contributed by atoms with Crippen LogP contribution in [0.5, 0.6) is 0 Å². The third kappa shape index (κ3) is 5.84. The summed E-state index contributed by atoms with van der Waals surface area (Å²) in [7, 11) is -3.47. The molecule has 3 aromatic rings. The minimum Gasteiger partial charge on any atom is -0.371 e. The Morgan fingerprint density at radius 2 is 1.50 bits per heavy atom. The second-order valence-corrected chi connectivity index (χ2v) is 11.6. The molecular formula is C27H34N6O2S. The van der Waals surface area contributed by atoms with E-state index in [9.17, 15) is 8.42 Å². The molecule has 2 fully saturated rings. The van der Waals surface area contributed by atoms with E-state index < -0.39 is 10.0 Å². The van der Waals surface area contributed by atoms with Crippen molar-refractivity contribution in [2.75, 3.05) is 42.5 Å². The van der Waals surface area contributed by atoms with Gasteiger partial charge in [0.1, 0.15) is 0 Å². The van der Waals surface area contributed by atoms with Crippen molar-refractivity contribution in [1.29, 1.82) is 0 Å². The smallest absolute Gasteiger partial charge is 0.240 e. The first-order valence-electron chi connectivity index (χ1n) is 12.8. The molecule has 5 rings (SSSR count). The van der Waals surface area contributed by atoms with Gasteiger partial charge < -0.3 is 9.80 Å². The van der Waals surface area contributed by atoms with E-state index in [1.807, 2.05) is 24.7 Å². The van der Waals surface area contributed by atoms with Crippen LogP contribution in [-0.2, 0) is 16.4 Å². The predicted molar refractivity (Wildman–Crippen MR) is 142 cm³/mol. The summed E-state index contributed by atoms with van der Waals surface area (Å²) in [5.74, 6) is 0.793. The van der Waals surface area contributed by atoms with Crippen molar-refractivity contribution >= 4 is 21.7 Å². The summed E-state index contributed by atoms with van der Waals surface area (Å²) in [6.07, 6.45) is 11.7. The van der Waals surface area contributed by atoms with Crippen molar-refractivity contribution < 1.29 is 8.42 Å². The number of sulfonamides is 1. The number of piperidine rings is 2. The molecule has 0 saturated carbocycles. The van der Waals surface area contributed by atoms with Crippen molar-refractivity contribution in [2.24, 2.45) is 5.41 Å². The molecule has 2 aromatic heterocycles. The largest absolute Gasteiger partial charge is 0.371 e. The summed E-state index contributed by atoms with van der Waals surface area (Å²) in [4.78, 5) is 18.6. The Kier molecular flexibility index (Phi) is 7.48. The number of anilines is 2. The number of nitrogens with one attached hydrogen (secondary N) is 1. The normalized spacial score (nSPS) is 17.9. The van der Waals surface area contributed by atoms with Crippen LogP contribution in [0.4, 0.5) is 11.6 Å². The number of hydrogen-bond acceptors (Lipinski definition) is 7. The van der Waals surface area contributed by atoms with Gasteiger partial charge in [-0.3, -0.25) is 4.98 Å². The van der Waals surface area contributed by atoms with Crippen molar-refractivity contribution in [3.63, 3.8) is 0 Å². The van der Waals surface area contributed by atoms with Gasteiger partial charge in [0.2, 0.25) is 16.0 Å². The van der Waals surface area contributed by atoms with Gasteiger partial charge in [0.25, 0.3) is 0 Å². The maximum Gasteiger partial charge on any atom is 0.240 e. The van der Waals surface area contributed by atoms with Gasteiger partial charge in [-0.2, -0.15) is 0 Å². The third-order valence-corrected chi connectivity index (χ3v) is 9.09. The second-order valence-electron chi connectivity index (χ2n) is 9.84.